The molecule has 0 saturated heterocycles. The van der Waals surface area contributed by atoms with Crippen LogP contribution < -0.4 is 0 Å². The molecular weight excluding hydrogens is 304 g/mol. The molecule has 0 heterocycles. The van der Waals surface area contributed by atoms with E-state index in [1.54, 1.807) is 0 Å². The Kier molecular flexibility index (Phi) is 19.4. The van der Waals surface area contributed by atoms with Gasteiger partial charge in [0.25, 0.3) is 0 Å². The number of hydrogen-bond acceptors (Lipinski definition) is 1. The molecule has 0 aliphatic carbocycles. The van der Waals surface area contributed by atoms with Crippen molar-refractivity contribution in [3.05, 3.63) is 0 Å². The summed E-state index contributed by atoms with van der Waals surface area (Å²) in [6, 6.07) is 0. The Bertz CT molecular complexity index is 286. The highest BCUT2D eigenvalue weighted by molar-refractivity contribution is 5.79. The van der Waals surface area contributed by atoms with E-state index in [4.69, 9.17) is 4.99 Å². The van der Waals surface area contributed by atoms with Crippen molar-refractivity contribution in [1.82, 2.24) is 4.90 Å². The van der Waals surface area contributed by atoms with Crippen molar-refractivity contribution in [3.8, 4) is 0 Å². The SMILES string of the molecule is CCCCCCCCCCCCCCN(C)C(C)=NCCCCCC. The zero-order chi connectivity index (χ0) is 18.6. The molecule has 0 N–H and O–H groups in total. The Morgan fingerprint density at radius 3 is 1.48 bits per heavy atom. The van der Waals surface area contributed by atoms with Crippen molar-refractivity contribution in [2.24, 2.45) is 4.99 Å². The van der Waals surface area contributed by atoms with Crippen molar-refractivity contribution in [2.75, 3.05) is 20.1 Å². The summed E-state index contributed by atoms with van der Waals surface area (Å²) in [7, 11) is 2.20. The molecule has 150 valence electrons. The second-order valence-electron chi connectivity index (χ2n) is 7.80. The quantitative estimate of drug-likeness (QED) is 0.141. The molecule has 0 aliphatic rings. The van der Waals surface area contributed by atoms with Gasteiger partial charge in [0.2, 0.25) is 0 Å². The summed E-state index contributed by atoms with van der Waals surface area (Å²) in [5.41, 5.74) is 0. The van der Waals surface area contributed by atoms with Crippen LogP contribution in [0.25, 0.3) is 0 Å². The van der Waals surface area contributed by atoms with Gasteiger partial charge in [0, 0.05) is 20.1 Å². The third kappa shape index (κ3) is 18.1. The fourth-order valence-corrected chi connectivity index (χ4v) is 3.25. The third-order valence-electron chi connectivity index (χ3n) is 5.25. The van der Waals surface area contributed by atoms with E-state index in [2.05, 4.69) is 32.7 Å². The topological polar surface area (TPSA) is 15.6 Å². The Hall–Kier alpha value is -0.530. The van der Waals surface area contributed by atoms with Crippen LogP contribution in [0.2, 0.25) is 0 Å². The second kappa shape index (κ2) is 19.8. The highest BCUT2D eigenvalue weighted by Crippen LogP contribution is 2.12. The Morgan fingerprint density at radius 2 is 1.00 bits per heavy atom. The molecule has 2 nitrogen and oxygen atoms in total. The minimum atomic E-state index is 1.01. The molecular formula is C23H48N2. The number of hydrogen-bond donors (Lipinski definition) is 0. The summed E-state index contributed by atoms with van der Waals surface area (Å²) in [6.07, 6.45) is 22.3. The van der Waals surface area contributed by atoms with Gasteiger partial charge in [-0.25, -0.2) is 0 Å². The Balaban J connectivity index is 3.36. The molecule has 0 bridgehead atoms. The predicted octanol–water partition coefficient (Wildman–Crippen LogP) is 7.62. The van der Waals surface area contributed by atoms with Crippen LogP contribution >= 0.6 is 0 Å². The van der Waals surface area contributed by atoms with Crippen LogP contribution in [0.3, 0.4) is 0 Å². The van der Waals surface area contributed by atoms with E-state index in [1.165, 1.54) is 115 Å². The standard InChI is InChI=1S/C23H48N2/c1-5-7-9-11-12-13-14-15-16-17-18-20-22-25(4)23(3)24-21-19-10-8-6-2/h5-22H2,1-4H3. The van der Waals surface area contributed by atoms with E-state index >= 15 is 0 Å². The maximum atomic E-state index is 4.71. The van der Waals surface area contributed by atoms with Gasteiger partial charge in [-0.1, -0.05) is 104 Å². The lowest BCUT2D eigenvalue weighted by atomic mass is 10.1. The summed E-state index contributed by atoms with van der Waals surface area (Å²) >= 11 is 0. The lowest BCUT2D eigenvalue weighted by molar-refractivity contribution is 0.459. The van der Waals surface area contributed by atoms with Gasteiger partial charge in [0.15, 0.2) is 0 Å². The van der Waals surface area contributed by atoms with E-state index in [9.17, 15) is 0 Å². The molecule has 0 spiro atoms. The first-order valence-electron chi connectivity index (χ1n) is 11.4. The van der Waals surface area contributed by atoms with Crippen molar-refractivity contribution >= 4 is 5.84 Å². The first kappa shape index (κ1) is 24.5. The summed E-state index contributed by atoms with van der Waals surface area (Å²) in [6.45, 7) is 8.90. The van der Waals surface area contributed by atoms with Crippen LogP contribution in [0.5, 0.6) is 0 Å². The normalized spacial score (nSPS) is 11.9. The largest absolute Gasteiger partial charge is 0.364 e. The van der Waals surface area contributed by atoms with Crippen LogP contribution in [-0.4, -0.2) is 30.9 Å². The molecule has 0 aromatic carbocycles. The number of unbranched alkanes of at least 4 members (excludes halogenated alkanes) is 14. The fraction of sp³-hybridized carbons (Fsp3) is 0.957. The Morgan fingerprint density at radius 1 is 0.600 bits per heavy atom. The average molecular weight is 353 g/mol. The molecule has 0 unspecified atom stereocenters. The monoisotopic (exact) mass is 352 g/mol. The number of amidine groups is 1. The second-order valence-corrected chi connectivity index (χ2v) is 7.80. The van der Waals surface area contributed by atoms with E-state index in [1.807, 2.05) is 0 Å². The fourth-order valence-electron chi connectivity index (χ4n) is 3.25. The summed E-state index contributed by atoms with van der Waals surface area (Å²) < 4.78 is 0. The molecule has 25 heavy (non-hydrogen) atoms. The summed E-state index contributed by atoms with van der Waals surface area (Å²) in [5, 5.41) is 0. The molecule has 0 radical (unpaired) electrons. The highest BCUT2D eigenvalue weighted by Gasteiger charge is 2.00. The van der Waals surface area contributed by atoms with Gasteiger partial charge in [-0.2, -0.15) is 0 Å². The van der Waals surface area contributed by atoms with Crippen LogP contribution in [-0.2, 0) is 0 Å². The van der Waals surface area contributed by atoms with E-state index in [0.29, 0.717) is 0 Å². The molecule has 0 aromatic heterocycles. The van der Waals surface area contributed by atoms with Crippen LogP contribution in [0.15, 0.2) is 4.99 Å². The lowest BCUT2D eigenvalue weighted by Crippen LogP contribution is -2.25. The van der Waals surface area contributed by atoms with Crippen LogP contribution in [0, 0.1) is 0 Å². The molecule has 0 saturated carbocycles. The molecule has 0 aromatic rings. The van der Waals surface area contributed by atoms with Crippen molar-refractivity contribution < 1.29 is 0 Å². The van der Waals surface area contributed by atoms with Crippen molar-refractivity contribution in [1.29, 1.82) is 0 Å². The minimum Gasteiger partial charge on any atom is -0.364 e. The van der Waals surface area contributed by atoms with E-state index in [-0.39, 0.29) is 0 Å². The zero-order valence-corrected chi connectivity index (χ0v) is 18.1. The first-order chi connectivity index (χ1) is 12.2. The first-order valence-corrected chi connectivity index (χ1v) is 11.4. The maximum Gasteiger partial charge on any atom is 0.0954 e. The lowest BCUT2D eigenvalue weighted by Gasteiger charge is -2.18. The van der Waals surface area contributed by atoms with E-state index in [0.717, 1.165) is 6.54 Å². The molecule has 0 amide bonds. The van der Waals surface area contributed by atoms with Crippen LogP contribution in [0.4, 0.5) is 0 Å². The van der Waals surface area contributed by atoms with Crippen molar-refractivity contribution in [3.63, 3.8) is 0 Å². The minimum absolute atomic E-state index is 1.01. The van der Waals surface area contributed by atoms with Crippen molar-refractivity contribution in [2.45, 2.75) is 124 Å². The molecule has 2 heteroatoms. The number of rotatable bonds is 18. The number of nitrogens with zero attached hydrogens (tertiary/aromatic N) is 2. The molecule has 0 atom stereocenters. The van der Waals surface area contributed by atoms with Gasteiger partial charge in [-0.05, 0) is 19.8 Å². The predicted molar refractivity (Wildman–Crippen MR) is 116 cm³/mol. The van der Waals surface area contributed by atoms with Gasteiger partial charge in [-0.3, -0.25) is 4.99 Å². The maximum absolute atomic E-state index is 4.71. The third-order valence-corrected chi connectivity index (χ3v) is 5.25. The molecule has 0 aliphatic heterocycles. The van der Waals surface area contributed by atoms with Gasteiger partial charge in [-0.15, -0.1) is 0 Å². The van der Waals surface area contributed by atoms with Gasteiger partial charge >= 0.3 is 0 Å². The summed E-state index contributed by atoms with van der Waals surface area (Å²) in [5.74, 6) is 1.22. The highest BCUT2D eigenvalue weighted by atomic mass is 15.1. The summed E-state index contributed by atoms with van der Waals surface area (Å²) in [4.78, 5) is 7.06. The molecule has 0 rings (SSSR count). The van der Waals surface area contributed by atoms with E-state index < -0.39 is 0 Å². The van der Waals surface area contributed by atoms with Gasteiger partial charge in [0.05, 0.1) is 5.84 Å². The zero-order valence-electron chi connectivity index (χ0n) is 18.1. The Labute approximate surface area is 159 Å². The van der Waals surface area contributed by atoms with Gasteiger partial charge < -0.3 is 4.90 Å². The molecule has 0 fully saturated rings. The smallest absolute Gasteiger partial charge is 0.0954 e. The van der Waals surface area contributed by atoms with Gasteiger partial charge in [0.1, 0.15) is 0 Å². The average Bonchev–Trinajstić information content (AvgIpc) is 2.62. The van der Waals surface area contributed by atoms with Crippen LogP contribution in [0.1, 0.15) is 124 Å². The number of aliphatic imine (C=N–C) groups is 1.